The monoisotopic (exact) mass is 766 g/mol. The van der Waals surface area contributed by atoms with Gasteiger partial charge in [-0.05, 0) is 57.0 Å². The number of hydrogen-bond acceptors (Lipinski definition) is 9. The van der Waals surface area contributed by atoms with Gasteiger partial charge < -0.3 is 22.6 Å². The fourth-order valence-electron chi connectivity index (χ4n) is 5.12. The maximum Gasteiger partial charge on any atom is 0.316 e. The van der Waals surface area contributed by atoms with Crippen LogP contribution >= 0.6 is 11.6 Å². The third-order valence-electron chi connectivity index (χ3n) is 7.83. The number of H-pyrrole nitrogens is 1. The van der Waals surface area contributed by atoms with E-state index in [0.29, 0.717) is 52.6 Å². The number of aryl methyl sites for hydroxylation is 1. The summed E-state index contributed by atoms with van der Waals surface area (Å²) < 4.78 is 62.7. The summed E-state index contributed by atoms with van der Waals surface area (Å²) in [5.41, 5.74) is 1.29. The summed E-state index contributed by atoms with van der Waals surface area (Å²) >= 11 is 2.50. The van der Waals surface area contributed by atoms with Crippen molar-refractivity contribution < 1.29 is 31.0 Å². The number of nitrogens with one attached hydrogen (secondary N) is 3. The van der Waals surface area contributed by atoms with Crippen LogP contribution in [-0.4, -0.2) is 55.2 Å². The van der Waals surface area contributed by atoms with E-state index < -0.39 is 28.1 Å². The maximum absolute atomic E-state index is 13.5. The first kappa shape index (κ1) is 40.4. The van der Waals surface area contributed by atoms with Crippen LogP contribution in [-0.2, 0) is 38.2 Å². The van der Waals surface area contributed by atoms with E-state index in [1.165, 1.54) is 31.7 Å². The fraction of sp³-hybridized carbons (Fsp3) is 0.543. The Morgan fingerprint density at radius 1 is 0.824 bits per heavy atom. The first-order valence-electron chi connectivity index (χ1n) is 17.1. The molecule has 0 amide bonds. The molecule has 0 saturated heterocycles. The van der Waals surface area contributed by atoms with Gasteiger partial charge in [0.15, 0.2) is 34.5 Å². The Labute approximate surface area is 311 Å². The molecule has 4 rings (SSSR count). The Hall–Kier alpha value is -3.37. The number of fused-ring (bicyclic) bond motifs is 1. The molecule has 13 nitrogen and oxygen atoms in total. The molecule has 2 aromatic carbocycles. The van der Waals surface area contributed by atoms with Crippen molar-refractivity contribution in [3.63, 3.8) is 0 Å². The fourth-order valence-corrected chi connectivity index (χ4v) is 7.06. The number of benzene rings is 2. The zero-order valence-electron chi connectivity index (χ0n) is 30.7. The molecular formula is C35H51ClN6O7S2. The first-order valence-corrected chi connectivity index (χ1v) is 19.6. The Morgan fingerprint density at radius 2 is 1.47 bits per heavy atom. The predicted octanol–water partition coefficient (Wildman–Crippen LogP) is 7.63. The topological polar surface area (TPSA) is 150 Å². The van der Waals surface area contributed by atoms with E-state index in [2.05, 4.69) is 31.7 Å². The van der Waals surface area contributed by atoms with Crippen LogP contribution in [0.1, 0.15) is 97.1 Å². The summed E-state index contributed by atoms with van der Waals surface area (Å²) in [6, 6.07) is 10.3. The summed E-state index contributed by atoms with van der Waals surface area (Å²) in [4.78, 5) is 0. The van der Waals surface area contributed by atoms with Crippen LogP contribution in [0, 0.1) is 6.92 Å². The number of methoxy groups -OCH3 is 1. The van der Waals surface area contributed by atoms with Crippen LogP contribution in [0.3, 0.4) is 0 Å². The van der Waals surface area contributed by atoms with Crippen molar-refractivity contribution in [2.75, 3.05) is 31.7 Å². The number of halogens is 1. The largest absolute Gasteiger partial charge is 0.490 e. The number of hydrogen-bond donors (Lipinski definition) is 3. The van der Waals surface area contributed by atoms with Gasteiger partial charge in [0.25, 0.3) is 11.3 Å². The van der Waals surface area contributed by atoms with Gasteiger partial charge in [-0.25, -0.2) is 4.52 Å². The van der Waals surface area contributed by atoms with Crippen LogP contribution in [0.5, 0.6) is 23.0 Å². The van der Waals surface area contributed by atoms with E-state index in [1.54, 1.807) is 43.7 Å². The summed E-state index contributed by atoms with van der Waals surface area (Å²) in [5.74, 6) is 1.74. The van der Waals surface area contributed by atoms with E-state index in [4.69, 9.17) is 34.2 Å². The number of nitrogens with zero attached hydrogens (tertiary/aromatic N) is 3. The Balaban J connectivity index is 1.46. The van der Waals surface area contributed by atoms with Crippen molar-refractivity contribution >= 4 is 45.5 Å². The zero-order valence-corrected chi connectivity index (χ0v) is 33.1. The SMILES string of the molecule is CCCCCCCCOc1ccc(C)cc1OS(=O)Nc1ccc(OCCOC)c(OS(=O)NC(C)(C)c2nnc3c(Cl)c(C(C)(C)C)[nH]n23)c1. The first-order chi connectivity index (χ1) is 24.2. The number of anilines is 1. The molecule has 0 aliphatic heterocycles. The molecule has 16 heteroatoms. The number of ether oxygens (including phenoxy) is 3. The van der Waals surface area contributed by atoms with Crippen LogP contribution < -0.4 is 27.3 Å². The van der Waals surface area contributed by atoms with Crippen molar-refractivity contribution in [3.05, 3.63) is 58.5 Å². The van der Waals surface area contributed by atoms with Gasteiger partial charge >= 0.3 is 11.3 Å². The summed E-state index contributed by atoms with van der Waals surface area (Å²) in [5, 5.41) is 12.3. The van der Waals surface area contributed by atoms with Crippen LogP contribution in [0.4, 0.5) is 5.69 Å². The lowest BCUT2D eigenvalue weighted by Crippen LogP contribution is -2.41. The molecule has 0 radical (unpaired) electrons. The molecule has 2 unspecified atom stereocenters. The average molecular weight is 767 g/mol. The van der Waals surface area contributed by atoms with E-state index in [0.717, 1.165) is 24.1 Å². The van der Waals surface area contributed by atoms with Gasteiger partial charge in [-0.1, -0.05) is 77.5 Å². The molecule has 2 heterocycles. The highest BCUT2D eigenvalue weighted by molar-refractivity contribution is 7.82. The smallest absolute Gasteiger partial charge is 0.316 e. The van der Waals surface area contributed by atoms with E-state index >= 15 is 0 Å². The van der Waals surface area contributed by atoms with Gasteiger partial charge in [-0.2, -0.15) is 13.1 Å². The molecule has 0 aliphatic carbocycles. The number of rotatable bonds is 21. The molecule has 0 saturated carbocycles. The normalized spacial score (nSPS) is 13.3. The van der Waals surface area contributed by atoms with Crippen molar-refractivity contribution in [2.24, 2.45) is 0 Å². The van der Waals surface area contributed by atoms with Gasteiger partial charge in [0.1, 0.15) is 11.6 Å². The molecule has 2 aromatic heterocycles. The van der Waals surface area contributed by atoms with Crippen molar-refractivity contribution in [3.8, 4) is 23.0 Å². The summed E-state index contributed by atoms with van der Waals surface area (Å²) in [6.07, 6.45) is 6.88. The van der Waals surface area contributed by atoms with Crippen LogP contribution in [0.2, 0.25) is 5.02 Å². The molecule has 2 atom stereocenters. The predicted molar refractivity (Wildman–Crippen MR) is 202 cm³/mol. The minimum atomic E-state index is -2.11. The highest BCUT2D eigenvalue weighted by atomic mass is 35.5. The van der Waals surface area contributed by atoms with Gasteiger partial charge in [0, 0.05) is 18.6 Å². The lowest BCUT2D eigenvalue weighted by Gasteiger charge is -2.23. The van der Waals surface area contributed by atoms with Gasteiger partial charge in [0.2, 0.25) is 0 Å². The summed E-state index contributed by atoms with van der Waals surface area (Å²) in [7, 11) is 1.56. The molecule has 0 bridgehead atoms. The quantitative estimate of drug-likeness (QED) is 0.0728. The third kappa shape index (κ3) is 11.3. The maximum atomic E-state index is 13.5. The highest BCUT2D eigenvalue weighted by Gasteiger charge is 2.33. The average Bonchev–Trinajstić information content (AvgIpc) is 3.63. The third-order valence-corrected chi connectivity index (χ3v) is 9.92. The van der Waals surface area contributed by atoms with E-state index in [-0.39, 0.29) is 17.8 Å². The molecule has 3 N–H and O–H groups in total. The van der Waals surface area contributed by atoms with E-state index in [1.807, 2.05) is 39.8 Å². The minimum Gasteiger partial charge on any atom is -0.490 e. The summed E-state index contributed by atoms with van der Waals surface area (Å²) in [6.45, 7) is 14.9. The minimum absolute atomic E-state index is 0.123. The van der Waals surface area contributed by atoms with Gasteiger partial charge in [-0.3, -0.25) is 9.82 Å². The number of aromatic amines is 1. The van der Waals surface area contributed by atoms with Crippen molar-refractivity contribution in [1.29, 1.82) is 0 Å². The Morgan fingerprint density at radius 3 is 2.18 bits per heavy atom. The van der Waals surface area contributed by atoms with Gasteiger partial charge in [0.05, 0.1) is 30.1 Å². The van der Waals surface area contributed by atoms with E-state index in [9.17, 15) is 8.42 Å². The second kappa shape index (κ2) is 18.4. The molecule has 0 aliphatic rings. The second-order valence-corrected chi connectivity index (χ2v) is 15.8. The molecule has 51 heavy (non-hydrogen) atoms. The lowest BCUT2D eigenvalue weighted by molar-refractivity contribution is 0.145. The number of aromatic nitrogens is 4. The Bertz CT molecular complexity index is 1790. The molecule has 282 valence electrons. The molecular weight excluding hydrogens is 716 g/mol. The standard InChI is InChI=1S/C35H51ClN6O7S2/c1-9-10-11-12-13-14-19-46-26-17-15-24(2)22-28(26)48-50(43)40-25-16-18-27(47-21-20-45-8)29(23-25)49-51(44)41-35(6,7)33-38-37-32-30(36)31(34(3,4)5)39-42(32)33/h15-18,22-23,39-41H,9-14,19-21H2,1-8H3. The second-order valence-electron chi connectivity index (χ2n) is 13.8. The van der Waals surface area contributed by atoms with Crippen molar-refractivity contribution in [2.45, 2.75) is 97.9 Å². The van der Waals surface area contributed by atoms with Crippen LogP contribution in [0.15, 0.2) is 36.4 Å². The highest BCUT2D eigenvalue weighted by Crippen LogP contribution is 2.35. The molecule has 0 fully saturated rings. The molecule has 4 aromatic rings. The zero-order chi connectivity index (χ0) is 37.2. The van der Waals surface area contributed by atoms with Gasteiger partial charge in [-0.15, -0.1) is 10.2 Å². The van der Waals surface area contributed by atoms with Crippen LogP contribution in [0.25, 0.3) is 5.65 Å². The van der Waals surface area contributed by atoms with Crippen molar-refractivity contribution in [1.82, 2.24) is 24.5 Å². The molecule has 0 spiro atoms. The number of unbranched alkanes of at least 4 members (excludes halogenated alkanes) is 5. The lowest BCUT2D eigenvalue weighted by atomic mass is 9.92. The Kier molecular flexibility index (Phi) is 14.6.